The lowest BCUT2D eigenvalue weighted by atomic mass is 10.1. The molecular formula is C14H16N2O2. The molecule has 18 heavy (non-hydrogen) atoms. The van der Waals surface area contributed by atoms with E-state index in [0.29, 0.717) is 17.9 Å². The van der Waals surface area contributed by atoms with Gasteiger partial charge in [0, 0.05) is 13.6 Å². The summed E-state index contributed by atoms with van der Waals surface area (Å²) in [5.41, 5.74) is 2.25. The van der Waals surface area contributed by atoms with E-state index in [1.54, 1.807) is 7.05 Å². The van der Waals surface area contributed by atoms with E-state index in [1.165, 1.54) is 5.56 Å². The van der Waals surface area contributed by atoms with Crippen molar-refractivity contribution in [2.75, 3.05) is 17.7 Å². The third kappa shape index (κ3) is 2.14. The topological polar surface area (TPSA) is 58.2 Å². The number of rotatable bonds is 5. The van der Waals surface area contributed by atoms with Crippen LogP contribution < -0.4 is 21.5 Å². The van der Waals surface area contributed by atoms with Crippen LogP contribution in [-0.2, 0) is 13.0 Å². The standard InChI is InChI=1S/C14H16N2O2/c1-3-9-5-4-6-10(7-9)8-16-12-11(15-2)13(17)14(12)18/h4-7,15-16H,3,8H2,1-2H3. The average Bonchev–Trinajstić information content (AvgIpc) is 2.42. The highest BCUT2D eigenvalue weighted by Crippen LogP contribution is 2.15. The van der Waals surface area contributed by atoms with Crippen LogP contribution in [0, 0.1) is 0 Å². The molecule has 4 nitrogen and oxygen atoms in total. The lowest BCUT2D eigenvalue weighted by Crippen LogP contribution is -2.36. The summed E-state index contributed by atoms with van der Waals surface area (Å²) in [4.78, 5) is 22.6. The zero-order valence-corrected chi connectivity index (χ0v) is 10.5. The maximum Gasteiger partial charge on any atom is 0.253 e. The van der Waals surface area contributed by atoms with Gasteiger partial charge in [0.05, 0.1) is 0 Å². The van der Waals surface area contributed by atoms with E-state index in [9.17, 15) is 9.59 Å². The van der Waals surface area contributed by atoms with Crippen molar-refractivity contribution >= 4 is 11.4 Å². The van der Waals surface area contributed by atoms with Crippen molar-refractivity contribution in [3.63, 3.8) is 0 Å². The summed E-state index contributed by atoms with van der Waals surface area (Å²) in [5, 5.41) is 5.75. The Morgan fingerprint density at radius 2 is 1.72 bits per heavy atom. The van der Waals surface area contributed by atoms with Gasteiger partial charge in [0.1, 0.15) is 11.4 Å². The molecule has 2 N–H and O–H groups in total. The van der Waals surface area contributed by atoms with Gasteiger partial charge in [-0.25, -0.2) is 0 Å². The molecule has 94 valence electrons. The van der Waals surface area contributed by atoms with Gasteiger partial charge >= 0.3 is 0 Å². The Bertz CT molecular complexity index is 625. The number of hydrogen-bond donors (Lipinski definition) is 2. The van der Waals surface area contributed by atoms with E-state index in [0.717, 1.165) is 12.0 Å². The molecule has 0 atom stereocenters. The van der Waals surface area contributed by atoms with Gasteiger partial charge in [-0.05, 0) is 17.5 Å². The molecule has 0 aromatic heterocycles. The fraction of sp³-hybridized carbons (Fsp3) is 0.286. The van der Waals surface area contributed by atoms with Gasteiger partial charge in [-0.2, -0.15) is 0 Å². The molecule has 0 radical (unpaired) electrons. The number of aryl methyl sites for hydroxylation is 1. The largest absolute Gasteiger partial charge is 0.383 e. The first-order chi connectivity index (χ1) is 8.67. The minimum Gasteiger partial charge on any atom is -0.383 e. The molecule has 0 aliphatic rings. The zero-order valence-electron chi connectivity index (χ0n) is 10.5. The van der Waals surface area contributed by atoms with Gasteiger partial charge in [-0.15, -0.1) is 0 Å². The van der Waals surface area contributed by atoms with Gasteiger partial charge in [-0.3, -0.25) is 9.59 Å². The van der Waals surface area contributed by atoms with Gasteiger partial charge in [0.2, 0.25) is 0 Å². The van der Waals surface area contributed by atoms with Gasteiger partial charge in [0.25, 0.3) is 10.9 Å². The quantitative estimate of drug-likeness (QED) is 0.783. The van der Waals surface area contributed by atoms with Crippen LogP contribution >= 0.6 is 0 Å². The minimum absolute atomic E-state index is 0.381. The van der Waals surface area contributed by atoms with E-state index in [4.69, 9.17) is 0 Å². The molecule has 0 aliphatic heterocycles. The molecule has 0 unspecified atom stereocenters. The second-order valence-corrected chi connectivity index (χ2v) is 4.19. The maximum atomic E-state index is 11.4. The predicted octanol–water partition coefficient (Wildman–Crippen LogP) is 1.50. The third-order valence-corrected chi connectivity index (χ3v) is 3.03. The summed E-state index contributed by atoms with van der Waals surface area (Å²) in [6, 6.07) is 8.16. The van der Waals surface area contributed by atoms with Crippen molar-refractivity contribution < 1.29 is 0 Å². The summed E-state index contributed by atoms with van der Waals surface area (Å²) in [6.45, 7) is 2.65. The Labute approximate surface area is 105 Å². The molecule has 2 aromatic carbocycles. The molecule has 0 saturated heterocycles. The molecule has 0 heterocycles. The molecule has 2 rings (SSSR count). The number of anilines is 2. The second-order valence-electron chi connectivity index (χ2n) is 4.19. The lowest BCUT2D eigenvalue weighted by Gasteiger charge is -2.12. The summed E-state index contributed by atoms with van der Waals surface area (Å²) >= 11 is 0. The van der Waals surface area contributed by atoms with Crippen LogP contribution in [0.1, 0.15) is 18.1 Å². The molecule has 0 spiro atoms. The molecular weight excluding hydrogens is 228 g/mol. The highest BCUT2D eigenvalue weighted by atomic mass is 16.2. The van der Waals surface area contributed by atoms with Crippen LogP contribution in [0.15, 0.2) is 33.9 Å². The van der Waals surface area contributed by atoms with Crippen LogP contribution in [-0.4, -0.2) is 7.05 Å². The highest BCUT2D eigenvalue weighted by molar-refractivity contribution is 5.73. The molecule has 0 saturated carbocycles. The molecule has 0 amide bonds. The van der Waals surface area contributed by atoms with Crippen molar-refractivity contribution in [3.05, 3.63) is 55.8 Å². The smallest absolute Gasteiger partial charge is 0.253 e. The maximum absolute atomic E-state index is 11.4. The fourth-order valence-corrected chi connectivity index (χ4v) is 1.95. The van der Waals surface area contributed by atoms with E-state index >= 15 is 0 Å². The molecule has 4 heteroatoms. The second kappa shape index (κ2) is 5.04. The minimum atomic E-state index is -0.442. The van der Waals surface area contributed by atoms with E-state index in [1.807, 2.05) is 12.1 Å². The SMILES string of the molecule is CCc1cccc(CNc2c(NC)c(=O)c2=O)c1. The summed E-state index contributed by atoms with van der Waals surface area (Å²) in [6.07, 6.45) is 0.982. The Kier molecular flexibility index (Phi) is 3.46. The highest BCUT2D eigenvalue weighted by Gasteiger charge is 2.18. The van der Waals surface area contributed by atoms with Crippen LogP contribution in [0.5, 0.6) is 0 Å². The Hall–Kier alpha value is -2.10. The normalized spacial score (nSPS) is 10.6. The van der Waals surface area contributed by atoms with Gasteiger partial charge in [0.15, 0.2) is 0 Å². The van der Waals surface area contributed by atoms with Crippen LogP contribution in [0.4, 0.5) is 11.4 Å². The first-order valence-electron chi connectivity index (χ1n) is 6.00. The van der Waals surface area contributed by atoms with E-state index in [2.05, 4.69) is 29.7 Å². The zero-order chi connectivity index (χ0) is 13.1. The van der Waals surface area contributed by atoms with Crippen molar-refractivity contribution in [2.24, 2.45) is 0 Å². The summed E-state index contributed by atoms with van der Waals surface area (Å²) < 4.78 is 0. The van der Waals surface area contributed by atoms with Crippen molar-refractivity contribution in [3.8, 4) is 0 Å². The van der Waals surface area contributed by atoms with Gasteiger partial charge in [-0.1, -0.05) is 31.2 Å². The Morgan fingerprint density at radius 1 is 1.06 bits per heavy atom. The van der Waals surface area contributed by atoms with Crippen molar-refractivity contribution in [2.45, 2.75) is 19.9 Å². The molecule has 0 aliphatic carbocycles. The first kappa shape index (κ1) is 12.4. The van der Waals surface area contributed by atoms with Crippen LogP contribution in [0.25, 0.3) is 0 Å². The number of benzene rings is 1. The fourth-order valence-electron chi connectivity index (χ4n) is 1.95. The first-order valence-corrected chi connectivity index (χ1v) is 6.00. The molecule has 0 fully saturated rings. The van der Waals surface area contributed by atoms with Crippen molar-refractivity contribution in [1.82, 2.24) is 0 Å². The third-order valence-electron chi connectivity index (χ3n) is 3.03. The van der Waals surface area contributed by atoms with Gasteiger partial charge < -0.3 is 10.6 Å². The monoisotopic (exact) mass is 244 g/mol. The Morgan fingerprint density at radius 3 is 2.39 bits per heavy atom. The summed E-state index contributed by atoms with van der Waals surface area (Å²) in [5.74, 6) is 0. The van der Waals surface area contributed by atoms with Crippen LogP contribution in [0.3, 0.4) is 0 Å². The summed E-state index contributed by atoms with van der Waals surface area (Å²) in [7, 11) is 1.64. The Balaban J connectivity index is 2.10. The molecule has 0 bridgehead atoms. The predicted molar refractivity (Wildman–Crippen MR) is 74.0 cm³/mol. The molecule has 2 aromatic rings. The van der Waals surface area contributed by atoms with E-state index < -0.39 is 10.9 Å². The number of hydrogen-bond acceptors (Lipinski definition) is 4. The lowest BCUT2D eigenvalue weighted by molar-refractivity contribution is 1.08. The van der Waals surface area contributed by atoms with Crippen LogP contribution in [0.2, 0.25) is 0 Å². The average molecular weight is 244 g/mol. The number of nitrogens with one attached hydrogen (secondary N) is 2. The van der Waals surface area contributed by atoms with Crippen molar-refractivity contribution in [1.29, 1.82) is 0 Å². The van der Waals surface area contributed by atoms with E-state index in [-0.39, 0.29) is 0 Å².